The minimum atomic E-state index is -0.879. The van der Waals surface area contributed by atoms with Crippen LogP contribution in [0.25, 0.3) is 11.1 Å². The second-order valence-electron chi connectivity index (χ2n) is 4.23. The lowest BCUT2D eigenvalue weighted by molar-refractivity contribution is -0.115. The van der Waals surface area contributed by atoms with Crippen molar-refractivity contribution in [2.45, 2.75) is 0 Å². The molecule has 0 aliphatic heterocycles. The van der Waals surface area contributed by atoms with E-state index in [4.69, 9.17) is 22.9 Å². The molecule has 0 aliphatic carbocycles. The Labute approximate surface area is 125 Å². The fourth-order valence-electron chi connectivity index (χ4n) is 1.73. The zero-order valence-corrected chi connectivity index (χ0v) is 11.4. The van der Waals surface area contributed by atoms with E-state index >= 15 is 0 Å². The molecule has 0 aromatic heterocycles. The summed E-state index contributed by atoms with van der Waals surface area (Å²) in [5.74, 6) is -3.48. The van der Waals surface area contributed by atoms with Gasteiger partial charge in [-0.2, -0.15) is 0 Å². The van der Waals surface area contributed by atoms with E-state index in [1.54, 1.807) is 0 Å². The normalized spacial score (nSPS) is 11.8. The zero-order chi connectivity index (χ0) is 16.9. The number of hydrogen-bond donors (Lipinski definition) is 4. The Kier molecular flexibility index (Phi) is 5.17. The molecule has 0 atom stereocenters. The van der Waals surface area contributed by atoms with E-state index in [1.165, 1.54) is 24.3 Å². The van der Waals surface area contributed by atoms with E-state index in [0.29, 0.717) is 0 Å². The van der Waals surface area contributed by atoms with E-state index in [9.17, 15) is 19.2 Å². The molecule has 0 saturated heterocycles. The molecule has 0 spiro atoms. The van der Waals surface area contributed by atoms with Gasteiger partial charge in [0, 0.05) is 12.2 Å². The van der Waals surface area contributed by atoms with Crippen LogP contribution in [-0.4, -0.2) is 23.6 Å². The number of hydrogen-bond acceptors (Lipinski definition) is 4. The van der Waals surface area contributed by atoms with Crippen LogP contribution in [-0.2, 0) is 19.2 Å². The number of benzene rings is 1. The molecule has 8 heteroatoms. The van der Waals surface area contributed by atoms with Gasteiger partial charge in [-0.1, -0.05) is 18.2 Å². The second kappa shape index (κ2) is 6.84. The maximum atomic E-state index is 11.4. The summed E-state index contributed by atoms with van der Waals surface area (Å²) in [5.41, 5.74) is 20.6. The zero-order valence-electron chi connectivity index (χ0n) is 11.4. The largest absolute Gasteiger partial charge is 0.366 e. The molecule has 0 bridgehead atoms. The Morgan fingerprint density at radius 1 is 0.727 bits per heavy atom. The first kappa shape index (κ1) is 16.6. The van der Waals surface area contributed by atoms with Crippen LogP contribution in [0.15, 0.2) is 36.4 Å². The van der Waals surface area contributed by atoms with Gasteiger partial charge in [-0.3, -0.25) is 19.2 Å². The summed E-state index contributed by atoms with van der Waals surface area (Å²) < 4.78 is 0. The van der Waals surface area contributed by atoms with Crippen LogP contribution in [0, 0.1) is 0 Å². The van der Waals surface area contributed by atoms with Crippen molar-refractivity contribution in [1.29, 1.82) is 0 Å². The Hall–Kier alpha value is -3.42. The summed E-state index contributed by atoms with van der Waals surface area (Å²) >= 11 is 0. The van der Waals surface area contributed by atoms with E-state index in [0.717, 1.165) is 12.2 Å². The molecule has 8 nitrogen and oxygen atoms in total. The summed E-state index contributed by atoms with van der Waals surface area (Å²) in [6, 6.07) is 5.80. The number of carbonyl (C=O) groups is 4. The molecule has 0 radical (unpaired) electrons. The summed E-state index contributed by atoms with van der Waals surface area (Å²) in [6.07, 6.45) is 1.73. The molecular weight excluding hydrogens is 288 g/mol. The first-order valence-corrected chi connectivity index (χ1v) is 5.95. The van der Waals surface area contributed by atoms with Crippen LogP contribution < -0.4 is 22.9 Å². The SMILES string of the molecule is NC(=O)C=C(C(N)=O)c1cccc(C(=CC(N)=O)C(N)=O)c1. The Bertz CT molecular complexity index is 662. The van der Waals surface area contributed by atoms with E-state index < -0.39 is 23.6 Å². The van der Waals surface area contributed by atoms with E-state index in [-0.39, 0.29) is 22.3 Å². The number of rotatable bonds is 6. The molecular formula is C14H14N4O4. The highest BCUT2D eigenvalue weighted by molar-refractivity contribution is 6.25. The fourth-order valence-corrected chi connectivity index (χ4v) is 1.73. The minimum Gasteiger partial charge on any atom is -0.366 e. The maximum Gasteiger partial charge on any atom is 0.249 e. The summed E-state index contributed by atoms with van der Waals surface area (Å²) in [4.78, 5) is 44.7. The predicted octanol–water partition coefficient (Wildman–Crippen LogP) is -1.61. The van der Waals surface area contributed by atoms with Crippen molar-refractivity contribution >= 4 is 34.8 Å². The van der Waals surface area contributed by atoms with Gasteiger partial charge in [-0.15, -0.1) is 0 Å². The monoisotopic (exact) mass is 302 g/mol. The fraction of sp³-hybridized carbons (Fsp3) is 0. The van der Waals surface area contributed by atoms with Crippen molar-refractivity contribution in [1.82, 2.24) is 0 Å². The van der Waals surface area contributed by atoms with Crippen LogP contribution in [0.5, 0.6) is 0 Å². The molecule has 1 rings (SSSR count). The quantitative estimate of drug-likeness (QED) is 0.463. The van der Waals surface area contributed by atoms with E-state index in [1.807, 2.05) is 0 Å². The molecule has 0 saturated carbocycles. The lowest BCUT2D eigenvalue weighted by Gasteiger charge is -2.08. The third-order valence-corrected chi connectivity index (χ3v) is 2.59. The Morgan fingerprint density at radius 3 is 1.36 bits per heavy atom. The van der Waals surface area contributed by atoms with Gasteiger partial charge < -0.3 is 22.9 Å². The topological polar surface area (TPSA) is 172 Å². The van der Waals surface area contributed by atoms with Gasteiger partial charge in [0.15, 0.2) is 0 Å². The van der Waals surface area contributed by atoms with Gasteiger partial charge in [0.05, 0.1) is 11.1 Å². The molecule has 0 unspecified atom stereocenters. The molecule has 22 heavy (non-hydrogen) atoms. The van der Waals surface area contributed by atoms with Gasteiger partial charge in [-0.25, -0.2) is 0 Å². The van der Waals surface area contributed by atoms with Crippen molar-refractivity contribution in [3.05, 3.63) is 47.5 Å². The van der Waals surface area contributed by atoms with Crippen LogP contribution in [0.1, 0.15) is 11.1 Å². The highest BCUT2D eigenvalue weighted by Crippen LogP contribution is 2.20. The second-order valence-corrected chi connectivity index (χ2v) is 4.23. The van der Waals surface area contributed by atoms with Gasteiger partial charge in [0.1, 0.15) is 0 Å². The van der Waals surface area contributed by atoms with Gasteiger partial charge >= 0.3 is 0 Å². The Balaban J connectivity index is 3.46. The van der Waals surface area contributed by atoms with Crippen molar-refractivity contribution in [3.8, 4) is 0 Å². The van der Waals surface area contributed by atoms with Crippen LogP contribution in [0.2, 0.25) is 0 Å². The molecule has 0 fully saturated rings. The molecule has 0 aliphatic rings. The van der Waals surface area contributed by atoms with Crippen LogP contribution in [0.4, 0.5) is 0 Å². The maximum absolute atomic E-state index is 11.4. The molecule has 1 aromatic rings. The average molecular weight is 302 g/mol. The molecule has 8 N–H and O–H groups in total. The predicted molar refractivity (Wildman–Crippen MR) is 79.2 cm³/mol. The van der Waals surface area contributed by atoms with Gasteiger partial charge in [-0.05, 0) is 17.2 Å². The third kappa shape index (κ3) is 4.30. The molecule has 0 heterocycles. The number of amides is 4. The summed E-state index contributed by atoms with van der Waals surface area (Å²) in [7, 11) is 0. The standard InChI is InChI=1S/C14H14N4O4/c15-11(19)5-9(13(17)21)7-2-1-3-8(4-7)10(14(18)22)6-12(16)20/h1-6H,(H2,15,19)(H2,16,20)(H2,17,21)(H2,18,22). The first-order chi connectivity index (χ1) is 10.2. The third-order valence-electron chi connectivity index (χ3n) is 2.59. The smallest absolute Gasteiger partial charge is 0.249 e. The highest BCUT2D eigenvalue weighted by atomic mass is 16.2. The minimum absolute atomic E-state index is 0.141. The summed E-state index contributed by atoms with van der Waals surface area (Å²) in [6.45, 7) is 0. The highest BCUT2D eigenvalue weighted by Gasteiger charge is 2.14. The molecule has 4 amide bonds. The average Bonchev–Trinajstić information content (AvgIpc) is 2.41. The summed E-state index contributed by atoms with van der Waals surface area (Å²) in [5, 5.41) is 0. The Morgan fingerprint density at radius 2 is 1.09 bits per heavy atom. The van der Waals surface area contributed by atoms with Crippen molar-refractivity contribution in [2.24, 2.45) is 22.9 Å². The number of primary amides is 4. The lowest BCUT2D eigenvalue weighted by atomic mass is 9.97. The van der Waals surface area contributed by atoms with Crippen molar-refractivity contribution < 1.29 is 19.2 Å². The van der Waals surface area contributed by atoms with Gasteiger partial charge in [0.2, 0.25) is 23.6 Å². The van der Waals surface area contributed by atoms with Crippen molar-refractivity contribution in [2.75, 3.05) is 0 Å². The number of nitrogens with two attached hydrogens (primary N) is 4. The first-order valence-electron chi connectivity index (χ1n) is 5.95. The number of carbonyl (C=O) groups excluding carboxylic acids is 4. The van der Waals surface area contributed by atoms with Gasteiger partial charge in [0.25, 0.3) is 0 Å². The van der Waals surface area contributed by atoms with E-state index in [2.05, 4.69) is 0 Å². The lowest BCUT2D eigenvalue weighted by Crippen LogP contribution is -2.18. The molecule has 1 aromatic carbocycles. The van der Waals surface area contributed by atoms with Crippen LogP contribution >= 0.6 is 0 Å². The molecule has 114 valence electrons. The van der Waals surface area contributed by atoms with Crippen LogP contribution in [0.3, 0.4) is 0 Å². The van der Waals surface area contributed by atoms with Crippen molar-refractivity contribution in [3.63, 3.8) is 0 Å².